The lowest BCUT2D eigenvalue weighted by molar-refractivity contribution is 0.103. The largest absolute Gasteiger partial charge is 0.321 e. The van der Waals surface area contributed by atoms with Gasteiger partial charge in [-0.05, 0) is 47.7 Å². The molecule has 0 spiro atoms. The van der Waals surface area contributed by atoms with E-state index in [0.29, 0.717) is 0 Å². The highest BCUT2D eigenvalue weighted by Gasteiger charge is 2.11. The molecule has 0 aliphatic rings. The second kappa shape index (κ2) is 5.47. The average Bonchev–Trinajstić information content (AvgIpc) is 2.80. The van der Waals surface area contributed by atoms with Crippen molar-refractivity contribution in [1.82, 2.24) is 0 Å². The summed E-state index contributed by atoms with van der Waals surface area (Å²) < 4.78 is 1.00. The van der Waals surface area contributed by atoms with Crippen molar-refractivity contribution in [1.29, 1.82) is 0 Å². The maximum atomic E-state index is 12.0. The minimum atomic E-state index is -0.0285. The third-order valence-corrected chi connectivity index (χ3v) is 3.92. The molecular formula is C13H12BrNOS. The maximum Gasteiger partial charge on any atom is 0.266 e. The fourth-order valence-electron chi connectivity index (χ4n) is 1.53. The van der Waals surface area contributed by atoms with Gasteiger partial charge in [0.1, 0.15) is 0 Å². The summed E-state index contributed by atoms with van der Waals surface area (Å²) in [5.74, 6) is -0.0285. The van der Waals surface area contributed by atoms with E-state index in [-0.39, 0.29) is 5.91 Å². The van der Waals surface area contributed by atoms with Crippen molar-refractivity contribution in [2.24, 2.45) is 0 Å². The number of hydrogen-bond donors (Lipinski definition) is 1. The van der Waals surface area contributed by atoms with Crippen molar-refractivity contribution in [2.75, 3.05) is 5.32 Å². The van der Waals surface area contributed by atoms with Crippen LogP contribution in [0.1, 0.15) is 22.2 Å². The highest BCUT2D eigenvalue weighted by atomic mass is 79.9. The molecule has 1 heterocycles. The third kappa shape index (κ3) is 2.96. The molecule has 1 N–H and O–H groups in total. The van der Waals surface area contributed by atoms with E-state index in [1.807, 2.05) is 35.7 Å². The SMILES string of the molecule is CCc1ccsc1C(=O)Nc1ccc(Br)cc1. The summed E-state index contributed by atoms with van der Waals surface area (Å²) in [6, 6.07) is 9.57. The molecule has 0 bridgehead atoms. The highest BCUT2D eigenvalue weighted by molar-refractivity contribution is 9.10. The molecule has 0 unspecified atom stereocenters. The number of nitrogens with one attached hydrogen (secondary N) is 1. The molecule has 1 aromatic heterocycles. The second-order valence-electron chi connectivity index (χ2n) is 3.59. The van der Waals surface area contributed by atoms with Gasteiger partial charge in [-0.1, -0.05) is 22.9 Å². The molecular weight excluding hydrogens is 298 g/mol. The topological polar surface area (TPSA) is 29.1 Å². The molecule has 1 aromatic carbocycles. The molecule has 2 aromatic rings. The number of aryl methyl sites for hydroxylation is 1. The first-order valence-corrected chi connectivity index (χ1v) is 7.01. The maximum absolute atomic E-state index is 12.0. The molecule has 4 heteroatoms. The lowest BCUT2D eigenvalue weighted by Gasteiger charge is -2.05. The zero-order valence-electron chi connectivity index (χ0n) is 9.37. The molecule has 0 aliphatic heterocycles. The van der Waals surface area contributed by atoms with Crippen LogP contribution in [0.4, 0.5) is 5.69 Å². The summed E-state index contributed by atoms with van der Waals surface area (Å²) in [6.07, 6.45) is 0.882. The Morgan fingerprint density at radius 1 is 1.29 bits per heavy atom. The quantitative estimate of drug-likeness (QED) is 0.898. The van der Waals surface area contributed by atoms with Gasteiger partial charge in [-0.25, -0.2) is 0 Å². The van der Waals surface area contributed by atoms with E-state index in [1.54, 1.807) is 0 Å². The summed E-state index contributed by atoms with van der Waals surface area (Å²) in [4.78, 5) is 12.8. The van der Waals surface area contributed by atoms with Crippen LogP contribution in [-0.2, 0) is 6.42 Å². The molecule has 1 amide bonds. The third-order valence-electron chi connectivity index (χ3n) is 2.44. The van der Waals surface area contributed by atoms with Gasteiger partial charge in [0.15, 0.2) is 0 Å². The van der Waals surface area contributed by atoms with Gasteiger partial charge in [-0.2, -0.15) is 0 Å². The summed E-state index contributed by atoms with van der Waals surface area (Å²) in [7, 11) is 0. The molecule has 0 saturated heterocycles. The van der Waals surface area contributed by atoms with E-state index in [9.17, 15) is 4.79 Å². The van der Waals surface area contributed by atoms with Crippen molar-refractivity contribution < 1.29 is 4.79 Å². The molecule has 2 rings (SSSR count). The van der Waals surface area contributed by atoms with E-state index in [2.05, 4.69) is 28.2 Å². The van der Waals surface area contributed by atoms with E-state index in [4.69, 9.17) is 0 Å². The molecule has 0 saturated carbocycles. The van der Waals surface area contributed by atoms with Crippen LogP contribution in [0.25, 0.3) is 0 Å². The van der Waals surface area contributed by atoms with Gasteiger partial charge < -0.3 is 5.32 Å². The van der Waals surface area contributed by atoms with Crippen molar-refractivity contribution in [2.45, 2.75) is 13.3 Å². The van der Waals surface area contributed by atoms with Crippen LogP contribution in [0.15, 0.2) is 40.2 Å². The number of rotatable bonds is 3. The van der Waals surface area contributed by atoms with Gasteiger partial charge in [0.2, 0.25) is 0 Å². The molecule has 17 heavy (non-hydrogen) atoms. The summed E-state index contributed by atoms with van der Waals surface area (Å²) >= 11 is 4.85. The zero-order chi connectivity index (χ0) is 12.3. The van der Waals surface area contributed by atoms with Gasteiger partial charge in [-0.3, -0.25) is 4.79 Å². The fraction of sp³-hybridized carbons (Fsp3) is 0.154. The van der Waals surface area contributed by atoms with E-state index < -0.39 is 0 Å². The minimum absolute atomic E-state index is 0.0285. The normalized spacial score (nSPS) is 10.2. The highest BCUT2D eigenvalue weighted by Crippen LogP contribution is 2.20. The van der Waals surface area contributed by atoms with Gasteiger partial charge in [0.05, 0.1) is 4.88 Å². The number of carbonyl (C=O) groups excluding carboxylic acids is 1. The van der Waals surface area contributed by atoms with Crippen LogP contribution < -0.4 is 5.32 Å². The smallest absolute Gasteiger partial charge is 0.266 e. The Labute approximate surface area is 113 Å². The summed E-state index contributed by atoms with van der Waals surface area (Å²) in [5, 5.41) is 4.85. The van der Waals surface area contributed by atoms with Crippen LogP contribution in [0.2, 0.25) is 0 Å². The van der Waals surface area contributed by atoms with Crippen LogP contribution in [0.5, 0.6) is 0 Å². The predicted molar refractivity (Wildman–Crippen MR) is 75.8 cm³/mol. The molecule has 0 aliphatic carbocycles. The number of amides is 1. The lowest BCUT2D eigenvalue weighted by atomic mass is 10.2. The summed E-state index contributed by atoms with van der Waals surface area (Å²) in [5.41, 5.74) is 1.92. The Kier molecular flexibility index (Phi) is 3.97. The van der Waals surface area contributed by atoms with E-state index >= 15 is 0 Å². The van der Waals surface area contributed by atoms with Gasteiger partial charge >= 0.3 is 0 Å². The van der Waals surface area contributed by atoms with Crippen molar-refractivity contribution >= 4 is 38.9 Å². The van der Waals surface area contributed by atoms with E-state index in [1.165, 1.54) is 11.3 Å². The zero-order valence-corrected chi connectivity index (χ0v) is 11.8. The van der Waals surface area contributed by atoms with Gasteiger partial charge in [0, 0.05) is 10.2 Å². The number of hydrogen-bond acceptors (Lipinski definition) is 2. The van der Waals surface area contributed by atoms with Crippen LogP contribution >= 0.6 is 27.3 Å². The first-order valence-electron chi connectivity index (χ1n) is 5.34. The number of benzene rings is 1. The first kappa shape index (κ1) is 12.3. The van der Waals surface area contributed by atoms with Crippen molar-refractivity contribution in [3.63, 3.8) is 0 Å². The second-order valence-corrected chi connectivity index (χ2v) is 5.42. The monoisotopic (exact) mass is 309 g/mol. The van der Waals surface area contributed by atoms with Crippen molar-refractivity contribution in [3.8, 4) is 0 Å². The Balaban J connectivity index is 2.14. The number of anilines is 1. The Morgan fingerprint density at radius 3 is 2.65 bits per heavy atom. The lowest BCUT2D eigenvalue weighted by Crippen LogP contribution is -2.11. The number of halogens is 1. The standard InChI is InChI=1S/C13H12BrNOS/c1-2-9-7-8-17-12(9)13(16)15-11-5-3-10(14)4-6-11/h3-8H,2H2,1H3,(H,15,16). The van der Waals surface area contributed by atoms with Crippen LogP contribution in [0.3, 0.4) is 0 Å². The van der Waals surface area contributed by atoms with Gasteiger partial charge in [0.25, 0.3) is 5.91 Å². The minimum Gasteiger partial charge on any atom is -0.321 e. The van der Waals surface area contributed by atoms with Crippen LogP contribution in [0, 0.1) is 0 Å². The van der Waals surface area contributed by atoms with Crippen molar-refractivity contribution in [3.05, 3.63) is 50.6 Å². The molecule has 2 nitrogen and oxygen atoms in total. The molecule has 88 valence electrons. The average molecular weight is 310 g/mol. The number of carbonyl (C=O) groups is 1. The molecule has 0 atom stereocenters. The Bertz CT molecular complexity index is 518. The molecule has 0 radical (unpaired) electrons. The summed E-state index contributed by atoms with van der Waals surface area (Å²) in [6.45, 7) is 2.05. The van der Waals surface area contributed by atoms with Gasteiger partial charge in [-0.15, -0.1) is 11.3 Å². The van der Waals surface area contributed by atoms with Crippen LogP contribution in [-0.4, -0.2) is 5.91 Å². The number of thiophene rings is 1. The Hall–Kier alpha value is -1.13. The van der Waals surface area contributed by atoms with E-state index in [0.717, 1.165) is 27.0 Å². The molecule has 0 fully saturated rings. The first-order chi connectivity index (χ1) is 8.20. The Morgan fingerprint density at radius 2 is 2.00 bits per heavy atom. The fourth-order valence-corrected chi connectivity index (χ4v) is 2.69. The predicted octanol–water partition coefficient (Wildman–Crippen LogP) is 4.33.